The quantitative estimate of drug-likeness (QED) is 0.414. The van der Waals surface area contributed by atoms with Gasteiger partial charge in [0.1, 0.15) is 11.9 Å². The molecule has 0 aliphatic rings. The molecule has 13 heteroatoms. The number of carbonyl (C=O) groups excluding carboxylic acids is 1. The van der Waals surface area contributed by atoms with Crippen LogP contribution in [-0.2, 0) is 10.0 Å². The first-order valence-corrected chi connectivity index (χ1v) is 11.7. The Kier molecular flexibility index (Phi) is 6.89. The van der Waals surface area contributed by atoms with Crippen molar-refractivity contribution in [3.63, 3.8) is 0 Å². The fourth-order valence-corrected chi connectivity index (χ4v) is 5.72. The van der Waals surface area contributed by atoms with Crippen LogP contribution in [0.25, 0.3) is 0 Å². The second-order valence-corrected chi connectivity index (χ2v) is 9.88. The van der Waals surface area contributed by atoms with Gasteiger partial charge in [0.2, 0.25) is 21.8 Å². The molecule has 0 saturated carbocycles. The number of hydrogen-bond acceptors (Lipinski definition) is 6. The maximum Gasteiger partial charge on any atom is 0.434 e. The van der Waals surface area contributed by atoms with E-state index in [9.17, 15) is 22.4 Å². The van der Waals surface area contributed by atoms with Gasteiger partial charge in [0.15, 0.2) is 0 Å². The SMILES string of the molecule is Cc1c(F)ccc(Br)c1[C@@H](C)[C@H](NS(=O)(=O)c1ccc(Cl)cc1C(N)=O)c1n[nH]c(=O)o1. The molecule has 9 nitrogen and oxygen atoms in total. The highest BCUT2D eigenvalue weighted by Gasteiger charge is 2.34. The molecular formula is C19H17BrClFN4O5S. The third kappa shape index (κ3) is 4.77. The smallest absolute Gasteiger partial charge is 0.391 e. The van der Waals surface area contributed by atoms with Gasteiger partial charge >= 0.3 is 5.76 Å². The molecule has 0 saturated heterocycles. The standard InChI is InChI=1S/C19H17BrClFN4O5S/c1-8-13(22)5-4-12(20)15(8)9(2)16(18-24-25-19(28)31-18)26-32(29,30)14-6-3-10(21)7-11(14)17(23)27/h3-7,9,16,26H,1-2H3,(H2,23,27)(H,25,28)/t9-,16+/m1/s1. The summed E-state index contributed by atoms with van der Waals surface area (Å²) < 4.78 is 48.6. The molecule has 4 N–H and O–H groups in total. The first-order chi connectivity index (χ1) is 14.9. The number of benzene rings is 2. The monoisotopic (exact) mass is 546 g/mol. The predicted molar refractivity (Wildman–Crippen MR) is 117 cm³/mol. The molecule has 170 valence electrons. The second kappa shape index (κ2) is 9.14. The van der Waals surface area contributed by atoms with Crippen molar-refractivity contribution in [2.75, 3.05) is 0 Å². The van der Waals surface area contributed by atoms with Gasteiger partial charge in [-0.2, -0.15) is 4.72 Å². The minimum absolute atomic E-state index is 0.111. The van der Waals surface area contributed by atoms with E-state index >= 15 is 0 Å². The summed E-state index contributed by atoms with van der Waals surface area (Å²) in [6, 6.07) is 5.01. The third-order valence-electron chi connectivity index (χ3n) is 4.85. The number of hydrogen-bond donors (Lipinski definition) is 3. The molecule has 3 rings (SSSR count). The summed E-state index contributed by atoms with van der Waals surface area (Å²) in [5.41, 5.74) is 5.68. The Balaban J connectivity index is 2.14. The van der Waals surface area contributed by atoms with E-state index < -0.39 is 44.4 Å². The molecule has 1 amide bonds. The average Bonchev–Trinajstić information content (AvgIpc) is 3.15. The van der Waals surface area contributed by atoms with Gasteiger partial charge in [0, 0.05) is 15.4 Å². The van der Waals surface area contributed by atoms with Gasteiger partial charge in [-0.25, -0.2) is 22.7 Å². The molecule has 0 fully saturated rings. The number of nitrogens with two attached hydrogens (primary N) is 1. The molecule has 0 aliphatic heterocycles. The molecule has 0 spiro atoms. The molecule has 2 atom stereocenters. The van der Waals surface area contributed by atoms with Gasteiger partial charge in [0.05, 0.1) is 10.5 Å². The van der Waals surface area contributed by atoms with Crippen LogP contribution in [0.3, 0.4) is 0 Å². The van der Waals surface area contributed by atoms with Crippen molar-refractivity contribution in [2.24, 2.45) is 5.73 Å². The van der Waals surface area contributed by atoms with Crippen LogP contribution in [0.5, 0.6) is 0 Å². The van der Waals surface area contributed by atoms with Crippen molar-refractivity contribution in [2.45, 2.75) is 30.7 Å². The number of nitrogens with one attached hydrogen (secondary N) is 2. The van der Waals surface area contributed by atoms with E-state index in [0.29, 0.717) is 10.0 Å². The molecule has 1 heterocycles. The lowest BCUT2D eigenvalue weighted by Gasteiger charge is -2.25. The second-order valence-electron chi connectivity index (χ2n) is 6.91. The van der Waals surface area contributed by atoms with Crippen molar-refractivity contribution in [1.82, 2.24) is 14.9 Å². The van der Waals surface area contributed by atoms with Crippen LogP contribution >= 0.6 is 27.5 Å². The molecule has 0 bridgehead atoms. The normalized spacial score (nSPS) is 13.7. The van der Waals surface area contributed by atoms with E-state index in [1.807, 2.05) is 0 Å². The Morgan fingerprint density at radius 3 is 2.62 bits per heavy atom. The number of rotatable bonds is 7. The summed E-state index contributed by atoms with van der Waals surface area (Å²) in [5.74, 6) is -3.47. The van der Waals surface area contributed by atoms with Crippen LogP contribution in [0, 0.1) is 12.7 Å². The van der Waals surface area contributed by atoms with Crippen LogP contribution in [0.2, 0.25) is 5.02 Å². The third-order valence-corrected chi connectivity index (χ3v) is 7.28. The van der Waals surface area contributed by atoms with Crippen molar-refractivity contribution in [3.8, 4) is 0 Å². The zero-order valence-corrected chi connectivity index (χ0v) is 19.8. The fourth-order valence-electron chi connectivity index (χ4n) is 3.29. The lowest BCUT2D eigenvalue weighted by Crippen LogP contribution is -2.34. The van der Waals surface area contributed by atoms with Crippen LogP contribution in [0.4, 0.5) is 4.39 Å². The Hall–Kier alpha value is -2.54. The molecule has 2 aromatic carbocycles. The maximum absolute atomic E-state index is 14.3. The van der Waals surface area contributed by atoms with Crippen molar-refractivity contribution in [3.05, 3.63) is 78.8 Å². The number of halogens is 3. The average molecular weight is 548 g/mol. The summed E-state index contributed by atoms with van der Waals surface area (Å²) in [6.07, 6.45) is 0. The van der Waals surface area contributed by atoms with E-state index in [4.69, 9.17) is 21.8 Å². The minimum atomic E-state index is -4.41. The summed E-state index contributed by atoms with van der Waals surface area (Å²) in [6.45, 7) is 3.13. The summed E-state index contributed by atoms with van der Waals surface area (Å²) >= 11 is 9.22. The summed E-state index contributed by atoms with van der Waals surface area (Å²) in [4.78, 5) is 22.9. The fraction of sp³-hybridized carbons (Fsp3) is 0.211. The molecular weight excluding hydrogens is 531 g/mol. The van der Waals surface area contributed by atoms with Crippen molar-refractivity contribution >= 4 is 43.5 Å². The van der Waals surface area contributed by atoms with Gasteiger partial charge in [-0.05, 0) is 48.4 Å². The zero-order chi connectivity index (χ0) is 23.8. The molecule has 32 heavy (non-hydrogen) atoms. The van der Waals surface area contributed by atoms with Gasteiger partial charge in [0.25, 0.3) is 0 Å². The maximum atomic E-state index is 14.3. The number of aromatic nitrogens is 2. The molecule has 1 aromatic heterocycles. The van der Waals surface area contributed by atoms with Gasteiger partial charge < -0.3 is 10.2 Å². The number of H-pyrrole nitrogens is 1. The summed E-state index contributed by atoms with van der Waals surface area (Å²) in [7, 11) is -4.41. The van der Waals surface area contributed by atoms with E-state index in [2.05, 4.69) is 30.8 Å². The van der Waals surface area contributed by atoms with Crippen molar-refractivity contribution in [1.29, 1.82) is 0 Å². The highest BCUT2D eigenvalue weighted by Crippen LogP contribution is 2.38. The number of nitrogens with zero attached hydrogens (tertiary/aromatic N) is 1. The first kappa shape index (κ1) is 24.1. The van der Waals surface area contributed by atoms with Crippen LogP contribution in [0.15, 0.2) is 48.9 Å². The molecule has 0 unspecified atom stereocenters. The molecule has 0 radical (unpaired) electrons. The Bertz CT molecular complexity index is 1360. The highest BCUT2D eigenvalue weighted by atomic mass is 79.9. The van der Waals surface area contributed by atoms with Crippen LogP contribution in [0.1, 0.15) is 46.3 Å². The van der Waals surface area contributed by atoms with Crippen LogP contribution in [-0.4, -0.2) is 24.5 Å². The number of primary amides is 1. The van der Waals surface area contributed by atoms with E-state index in [1.54, 1.807) is 6.92 Å². The lowest BCUT2D eigenvalue weighted by atomic mass is 9.90. The Morgan fingerprint density at radius 1 is 1.34 bits per heavy atom. The largest absolute Gasteiger partial charge is 0.434 e. The predicted octanol–water partition coefficient (Wildman–Crippen LogP) is 3.15. The van der Waals surface area contributed by atoms with Gasteiger partial charge in [-0.15, -0.1) is 5.10 Å². The lowest BCUT2D eigenvalue weighted by molar-refractivity contribution is 0.0997. The topological polar surface area (TPSA) is 148 Å². The molecule has 3 aromatic rings. The summed E-state index contributed by atoms with van der Waals surface area (Å²) in [5, 5.41) is 5.93. The first-order valence-electron chi connectivity index (χ1n) is 9.04. The van der Waals surface area contributed by atoms with E-state index in [1.165, 1.54) is 25.1 Å². The minimum Gasteiger partial charge on any atom is -0.391 e. The van der Waals surface area contributed by atoms with Crippen LogP contribution < -0.4 is 16.2 Å². The Labute approximate surface area is 195 Å². The van der Waals surface area contributed by atoms with Crippen molar-refractivity contribution < 1.29 is 22.0 Å². The van der Waals surface area contributed by atoms with Gasteiger partial charge in [-0.1, -0.05) is 34.5 Å². The number of sulfonamides is 1. The van der Waals surface area contributed by atoms with E-state index in [0.717, 1.165) is 12.1 Å². The number of amides is 1. The van der Waals surface area contributed by atoms with E-state index in [-0.39, 0.29) is 22.0 Å². The zero-order valence-electron chi connectivity index (χ0n) is 16.6. The number of carbonyl (C=O) groups is 1. The highest BCUT2D eigenvalue weighted by molar-refractivity contribution is 9.10. The Morgan fingerprint density at radius 2 is 2.03 bits per heavy atom. The van der Waals surface area contributed by atoms with Gasteiger partial charge in [-0.3, -0.25) is 4.79 Å². The number of aromatic amines is 1. The molecule has 0 aliphatic carbocycles.